The second-order valence-electron chi connectivity index (χ2n) is 6.96. The Labute approximate surface area is 172 Å². The SMILES string of the molecule is COc1ccc(OCCC[NH+]2CCN(S(=O)(=O)c3ccc(OC)cc3)CC2)cc1. The molecule has 0 radical (unpaired) electrons. The number of benzene rings is 2. The molecule has 1 saturated heterocycles. The number of ether oxygens (including phenoxy) is 3. The van der Waals surface area contributed by atoms with E-state index in [1.54, 1.807) is 42.8 Å². The first-order chi connectivity index (χ1) is 14.0. The zero-order valence-corrected chi connectivity index (χ0v) is 17.8. The van der Waals surface area contributed by atoms with Crippen molar-refractivity contribution in [2.24, 2.45) is 0 Å². The number of sulfonamides is 1. The number of nitrogens with zero attached hydrogens (tertiary/aromatic N) is 1. The summed E-state index contributed by atoms with van der Waals surface area (Å²) >= 11 is 0. The van der Waals surface area contributed by atoms with E-state index in [2.05, 4.69) is 0 Å². The molecular formula is C21H29N2O5S+. The highest BCUT2D eigenvalue weighted by atomic mass is 32.2. The van der Waals surface area contributed by atoms with E-state index in [0.29, 0.717) is 30.3 Å². The fourth-order valence-electron chi connectivity index (χ4n) is 3.37. The van der Waals surface area contributed by atoms with Crippen LogP contribution >= 0.6 is 0 Å². The number of quaternary nitrogens is 1. The summed E-state index contributed by atoms with van der Waals surface area (Å²) in [5.41, 5.74) is 0. The molecule has 7 nitrogen and oxygen atoms in total. The number of methoxy groups -OCH3 is 2. The van der Waals surface area contributed by atoms with Crippen LogP contribution in [-0.4, -0.2) is 66.3 Å². The van der Waals surface area contributed by atoms with Gasteiger partial charge in [-0.15, -0.1) is 0 Å². The van der Waals surface area contributed by atoms with E-state index in [1.807, 2.05) is 24.3 Å². The normalized spacial score (nSPS) is 15.8. The molecular weight excluding hydrogens is 392 g/mol. The van der Waals surface area contributed by atoms with E-state index < -0.39 is 10.0 Å². The summed E-state index contributed by atoms with van der Waals surface area (Å²) in [6, 6.07) is 14.1. The lowest BCUT2D eigenvalue weighted by Gasteiger charge is -2.31. The quantitative estimate of drug-likeness (QED) is 0.614. The monoisotopic (exact) mass is 421 g/mol. The molecule has 1 heterocycles. The zero-order valence-electron chi connectivity index (χ0n) is 17.0. The molecule has 8 heteroatoms. The van der Waals surface area contributed by atoms with Gasteiger partial charge in [-0.05, 0) is 48.5 Å². The molecule has 2 aromatic carbocycles. The van der Waals surface area contributed by atoms with Gasteiger partial charge in [-0.1, -0.05) is 0 Å². The van der Waals surface area contributed by atoms with Gasteiger partial charge in [0.15, 0.2) is 0 Å². The topological polar surface area (TPSA) is 69.5 Å². The van der Waals surface area contributed by atoms with Gasteiger partial charge in [0.25, 0.3) is 0 Å². The molecule has 158 valence electrons. The van der Waals surface area contributed by atoms with E-state index in [1.165, 1.54) is 4.90 Å². The summed E-state index contributed by atoms with van der Waals surface area (Å²) in [6.07, 6.45) is 0.923. The van der Waals surface area contributed by atoms with Gasteiger partial charge in [0.1, 0.15) is 17.2 Å². The highest BCUT2D eigenvalue weighted by Gasteiger charge is 2.30. The maximum absolute atomic E-state index is 12.8. The summed E-state index contributed by atoms with van der Waals surface area (Å²) in [4.78, 5) is 1.72. The van der Waals surface area contributed by atoms with Crippen LogP contribution in [-0.2, 0) is 10.0 Å². The fraction of sp³-hybridized carbons (Fsp3) is 0.429. The largest absolute Gasteiger partial charge is 0.497 e. The van der Waals surface area contributed by atoms with Crippen LogP contribution in [0.2, 0.25) is 0 Å². The highest BCUT2D eigenvalue weighted by molar-refractivity contribution is 7.89. The fourth-order valence-corrected chi connectivity index (χ4v) is 4.82. The lowest BCUT2D eigenvalue weighted by atomic mass is 10.3. The molecule has 2 aromatic rings. The second kappa shape index (κ2) is 9.96. The number of hydrogen-bond acceptors (Lipinski definition) is 5. The van der Waals surface area contributed by atoms with E-state index in [0.717, 1.165) is 37.6 Å². The van der Waals surface area contributed by atoms with Gasteiger partial charge in [0, 0.05) is 6.42 Å². The molecule has 0 aliphatic carbocycles. The first-order valence-electron chi connectivity index (χ1n) is 9.77. The minimum Gasteiger partial charge on any atom is -0.497 e. The second-order valence-corrected chi connectivity index (χ2v) is 8.90. The Balaban J connectivity index is 1.41. The molecule has 1 aliphatic rings. The van der Waals surface area contributed by atoms with Gasteiger partial charge >= 0.3 is 0 Å². The molecule has 0 unspecified atom stereocenters. The predicted molar refractivity (Wildman–Crippen MR) is 110 cm³/mol. The number of nitrogens with one attached hydrogen (secondary N) is 1. The van der Waals surface area contributed by atoms with Crippen molar-refractivity contribution in [1.29, 1.82) is 0 Å². The summed E-state index contributed by atoms with van der Waals surface area (Å²) in [5.74, 6) is 2.29. The first-order valence-corrected chi connectivity index (χ1v) is 11.2. The van der Waals surface area contributed by atoms with Crippen LogP contribution in [0, 0.1) is 0 Å². The van der Waals surface area contributed by atoms with Crippen LogP contribution in [0.4, 0.5) is 0 Å². The summed E-state index contributed by atoms with van der Waals surface area (Å²) in [6.45, 7) is 4.28. The van der Waals surface area contributed by atoms with E-state index in [9.17, 15) is 8.42 Å². The predicted octanol–water partition coefficient (Wildman–Crippen LogP) is 1.06. The Kier molecular flexibility index (Phi) is 7.35. The van der Waals surface area contributed by atoms with E-state index >= 15 is 0 Å². The summed E-state index contributed by atoms with van der Waals surface area (Å²) in [5, 5.41) is 0. The van der Waals surface area contributed by atoms with Crippen molar-refractivity contribution in [2.45, 2.75) is 11.3 Å². The van der Waals surface area contributed by atoms with E-state index in [-0.39, 0.29) is 0 Å². The van der Waals surface area contributed by atoms with Crippen molar-refractivity contribution in [1.82, 2.24) is 4.31 Å². The maximum Gasteiger partial charge on any atom is 0.243 e. The van der Waals surface area contributed by atoms with Crippen molar-refractivity contribution in [2.75, 3.05) is 53.6 Å². The Morgan fingerprint density at radius 1 is 0.862 bits per heavy atom. The molecule has 1 N–H and O–H groups in total. The Morgan fingerprint density at radius 2 is 1.38 bits per heavy atom. The van der Waals surface area contributed by atoms with Crippen LogP contribution in [0.1, 0.15) is 6.42 Å². The van der Waals surface area contributed by atoms with Crippen LogP contribution in [0.15, 0.2) is 53.4 Å². The number of piperazine rings is 1. The number of rotatable bonds is 9. The van der Waals surface area contributed by atoms with E-state index in [4.69, 9.17) is 14.2 Å². The van der Waals surface area contributed by atoms with Gasteiger partial charge in [-0.25, -0.2) is 8.42 Å². The molecule has 29 heavy (non-hydrogen) atoms. The third-order valence-corrected chi connectivity index (χ3v) is 7.04. The molecule has 0 spiro atoms. The lowest BCUT2D eigenvalue weighted by molar-refractivity contribution is -0.903. The van der Waals surface area contributed by atoms with Gasteiger partial charge in [-0.2, -0.15) is 4.31 Å². The van der Waals surface area contributed by atoms with Gasteiger partial charge < -0.3 is 19.1 Å². The Hall–Kier alpha value is -2.29. The number of hydrogen-bond donors (Lipinski definition) is 1. The molecule has 0 bridgehead atoms. The van der Waals surface area contributed by atoms with Crippen molar-refractivity contribution in [3.05, 3.63) is 48.5 Å². The standard InChI is InChI=1S/C21H28N2O5S/c1-26-18-4-6-20(7-5-18)28-17-3-12-22-13-15-23(16-14-22)29(24,25)21-10-8-19(27-2)9-11-21/h4-11H,3,12-17H2,1-2H3/p+1. The van der Waals surface area contributed by atoms with Crippen LogP contribution in [0.25, 0.3) is 0 Å². The Bertz CT molecular complexity index is 861. The van der Waals surface area contributed by atoms with Crippen LogP contribution in [0.3, 0.4) is 0 Å². The highest BCUT2D eigenvalue weighted by Crippen LogP contribution is 2.19. The van der Waals surface area contributed by atoms with Crippen molar-refractivity contribution in [3.8, 4) is 17.2 Å². The van der Waals surface area contributed by atoms with Crippen LogP contribution in [0.5, 0.6) is 17.2 Å². The van der Waals surface area contributed by atoms with Crippen molar-refractivity contribution >= 4 is 10.0 Å². The minimum absolute atomic E-state index is 0.314. The Morgan fingerprint density at radius 3 is 1.93 bits per heavy atom. The summed E-state index contributed by atoms with van der Waals surface area (Å²) in [7, 11) is -0.245. The molecule has 0 atom stereocenters. The third-order valence-electron chi connectivity index (χ3n) is 5.13. The summed E-state index contributed by atoms with van der Waals surface area (Å²) < 4.78 is 43.2. The van der Waals surface area contributed by atoms with Gasteiger partial charge in [0.05, 0.1) is 58.4 Å². The smallest absolute Gasteiger partial charge is 0.243 e. The molecule has 1 aliphatic heterocycles. The molecule has 0 saturated carbocycles. The molecule has 0 amide bonds. The van der Waals surface area contributed by atoms with Gasteiger partial charge in [0.2, 0.25) is 10.0 Å². The van der Waals surface area contributed by atoms with Crippen molar-refractivity contribution < 1.29 is 27.5 Å². The lowest BCUT2D eigenvalue weighted by Crippen LogP contribution is -3.14. The average molecular weight is 422 g/mol. The maximum atomic E-state index is 12.8. The van der Waals surface area contributed by atoms with Gasteiger partial charge in [-0.3, -0.25) is 0 Å². The molecule has 3 rings (SSSR count). The molecule has 1 fully saturated rings. The van der Waals surface area contributed by atoms with Crippen LogP contribution < -0.4 is 19.1 Å². The average Bonchev–Trinajstić information content (AvgIpc) is 2.77. The first kappa shape index (κ1) is 21.4. The third kappa shape index (κ3) is 5.62. The molecule has 0 aromatic heterocycles. The minimum atomic E-state index is -3.45. The zero-order chi connectivity index (χ0) is 20.7. The van der Waals surface area contributed by atoms with Crippen molar-refractivity contribution in [3.63, 3.8) is 0 Å².